The number of rotatable bonds is 9. The van der Waals surface area contributed by atoms with Gasteiger partial charge in [0.15, 0.2) is 0 Å². The SMILES string of the molecule is CCCNC1CCCc2ccc(OCCOCCO)cc21. The topological polar surface area (TPSA) is 50.7 Å². The average Bonchev–Trinajstić information content (AvgIpc) is 2.52. The molecule has 0 saturated heterocycles. The molecule has 118 valence electrons. The Morgan fingerprint density at radius 3 is 3.00 bits per heavy atom. The number of benzene rings is 1. The molecule has 4 nitrogen and oxygen atoms in total. The Morgan fingerprint density at radius 1 is 1.29 bits per heavy atom. The molecule has 0 fully saturated rings. The summed E-state index contributed by atoms with van der Waals surface area (Å²) in [6, 6.07) is 6.88. The van der Waals surface area contributed by atoms with Gasteiger partial charge in [0, 0.05) is 6.04 Å². The third-order valence-electron chi connectivity index (χ3n) is 3.80. The van der Waals surface area contributed by atoms with Gasteiger partial charge in [0.25, 0.3) is 0 Å². The Morgan fingerprint density at radius 2 is 2.19 bits per heavy atom. The van der Waals surface area contributed by atoms with Gasteiger partial charge >= 0.3 is 0 Å². The highest BCUT2D eigenvalue weighted by Crippen LogP contribution is 2.32. The van der Waals surface area contributed by atoms with Crippen molar-refractivity contribution in [3.63, 3.8) is 0 Å². The van der Waals surface area contributed by atoms with Gasteiger partial charge in [-0.05, 0) is 55.5 Å². The van der Waals surface area contributed by atoms with Gasteiger partial charge in [0.2, 0.25) is 0 Å². The number of nitrogens with one attached hydrogen (secondary N) is 1. The summed E-state index contributed by atoms with van der Waals surface area (Å²) in [4.78, 5) is 0. The smallest absolute Gasteiger partial charge is 0.119 e. The van der Waals surface area contributed by atoms with Crippen LogP contribution >= 0.6 is 0 Å². The number of fused-ring (bicyclic) bond motifs is 1. The number of hydrogen-bond donors (Lipinski definition) is 2. The van der Waals surface area contributed by atoms with Crippen LogP contribution in [0.4, 0.5) is 0 Å². The predicted octanol–water partition coefficient (Wildman–Crippen LogP) is 2.45. The first-order valence-corrected chi connectivity index (χ1v) is 8.02. The highest BCUT2D eigenvalue weighted by Gasteiger charge is 2.19. The summed E-state index contributed by atoms with van der Waals surface area (Å²) >= 11 is 0. The van der Waals surface area contributed by atoms with Crippen LogP contribution in [-0.4, -0.2) is 38.1 Å². The van der Waals surface area contributed by atoms with Gasteiger partial charge in [-0.15, -0.1) is 0 Å². The number of aryl methyl sites for hydroxylation is 1. The van der Waals surface area contributed by atoms with Crippen molar-refractivity contribution in [1.29, 1.82) is 0 Å². The molecule has 0 saturated carbocycles. The fraction of sp³-hybridized carbons (Fsp3) is 0.647. The molecule has 1 aromatic rings. The second-order valence-electron chi connectivity index (χ2n) is 5.44. The minimum atomic E-state index is 0.0591. The molecule has 21 heavy (non-hydrogen) atoms. The van der Waals surface area contributed by atoms with E-state index in [0.29, 0.717) is 25.9 Å². The second kappa shape index (κ2) is 9.03. The van der Waals surface area contributed by atoms with Gasteiger partial charge in [-0.1, -0.05) is 13.0 Å². The highest BCUT2D eigenvalue weighted by molar-refractivity contribution is 5.39. The maximum absolute atomic E-state index is 8.64. The van der Waals surface area contributed by atoms with Gasteiger partial charge in [0.05, 0.1) is 19.8 Å². The summed E-state index contributed by atoms with van der Waals surface area (Å²) in [6.07, 6.45) is 4.78. The fourth-order valence-electron chi connectivity index (χ4n) is 2.78. The first-order valence-electron chi connectivity index (χ1n) is 8.02. The highest BCUT2D eigenvalue weighted by atomic mass is 16.5. The van der Waals surface area contributed by atoms with E-state index >= 15 is 0 Å². The molecule has 0 aromatic heterocycles. The Bertz CT molecular complexity index is 422. The molecule has 0 amide bonds. The second-order valence-corrected chi connectivity index (χ2v) is 5.44. The fourth-order valence-corrected chi connectivity index (χ4v) is 2.78. The molecule has 0 radical (unpaired) electrons. The molecule has 0 heterocycles. The van der Waals surface area contributed by atoms with Crippen LogP contribution in [0.3, 0.4) is 0 Å². The maximum Gasteiger partial charge on any atom is 0.119 e. The van der Waals surface area contributed by atoms with Gasteiger partial charge in [-0.2, -0.15) is 0 Å². The lowest BCUT2D eigenvalue weighted by molar-refractivity contribution is 0.0705. The van der Waals surface area contributed by atoms with E-state index in [1.807, 2.05) is 6.07 Å². The van der Waals surface area contributed by atoms with E-state index in [2.05, 4.69) is 24.4 Å². The first kappa shape index (κ1) is 16.3. The van der Waals surface area contributed by atoms with E-state index in [1.165, 1.54) is 30.4 Å². The zero-order chi connectivity index (χ0) is 14.9. The van der Waals surface area contributed by atoms with Crippen LogP contribution < -0.4 is 10.1 Å². The molecule has 1 aliphatic rings. The molecule has 0 bridgehead atoms. The first-order chi connectivity index (χ1) is 10.3. The largest absolute Gasteiger partial charge is 0.491 e. The van der Waals surface area contributed by atoms with Crippen LogP contribution in [0.15, 0.2) is 18.2 Å². The van der Waals surface area contributed by atoms with E-state index < -0.39 is 0 Å². The summed E-state index contributed by atoms with van der Waals surface area (Å²) in [6.45, 7) is 4.72. The van der Waals surface area contributed by atoms with Gasteiger partial charge in [-0.3, -0.25) is 0 Å². The molecular formula is C17H27NO3. The summed E-state index contributed by atoms with van der Waals surface area (Å²) in [5.74, 6) is 0.909. The molecular weight excluding hydrogens is 266 g/mol. The van der Waals surface area contributed by atoms with Gasteiger partial charge in [-0.25, -0.2) is 0 Å². The Balaban J connectivity index is 1.92. The summed E-state index contributed by atoms with van der Waals surface area (Å²) in [7, 11) is 0. The van der Waals surface area contributed by atoms with Crippen molar-refractivity contribution < 1.29 is 14.6 Å². The molecule has 1 unspecified atom stereocenters. The molecule has 4 heteroatoms. The third kappa shape index (κ3) is 4.99. The van der Waals surface area contributed by atoms with E-state index in [4.69, 9.17) is 14.6 Å². The Kier molecular flexibility index (Phi) is 7.00. The van der Waals surface area contributed by atoms with Crippen LogP contribution in [0.2, 0.25) is 0 Å². The Hall–Kier alpha value is -1.10. The average molecular weight is 293 g/mol. The van der Waals surface area contributed by atoms with E-state index in [9.17, 15) is 0 Å². The van der Waals surface area contributed by atoms with E-state index in [0.717, 1.165) is 18.7 Å². The van der Waals surface area contributed by atoms with Crippen molar-refractivity contribution in [2.75, 3.05) is 33.0 Å². The van der Waals surface area contributed by atoms with Crippen LogP contribution in [0.25, 0.3) is 0 Å². The minimum absolute atomic E-state index is 0.0591. The van der Waals surface area contributed by atoms with E-state index in [-0.39, 0.29) is 6.61 Å². The normalized spacial score (nSPS) is 17.5. The summed E-state index contributed by atoms with van der Waals surface area (Å²) < 4.78 is 10.9. The summed E-state index contributed by atoms with van der Waals surface area (Å²) in [5, 5.41) is 12.3. The molecule has 0 spiro atoms. The zero-order valence-electron chi connectivity index (χ0n) is 12.9. The predicted molar refractivity (Wildman–Crippen MR) is 83.8 cm³/mol. The van der Waals surface area contributed by atoms with Crippen molar-refractivity contribution in [2.45, 2.75) is 38.6 Å². The molecule has 1 aromatic carbocycles. The van der Waals surface area contributed by atoms with Crippen molar-refractivity contribution in [3.05, 3.63) is 29.3 Å². The van der Waals surface area contributed by atoms with Gasteiger partial charge < -0.3 is 19.9 Å². The number of hydrogen-bond acceptors (Lipinski definition) is 4. The molecule has 2 N–H and O–H groups in total. The monoisotopic (exact) mass is 293 g/mol. The van der Waals surface area contributed by atoms with Crippen LogP contribution in [0.5, 0.6) is 5.75 Å². The van der Waals surface area contributed by atoms with Crippen LogP contribution in [-0.2, 0) is 11.2 Å². The number of ether oxygens (including phenoxy) is 2. The van der Waals surface area contributed by atoms with Crippen molar-refractivity contribution in [1.82, 2.24) is 5.32 Å². The van der Waals surface area contributed by atoms with Gasteiger partial charge in [0.1, 0.15) is 12.4 Å². The molecule has 0 aliphatic heterocycles. The maximum atomic E-state index is 8.64. The quantitative estimate of drug-likeness (QED) is 0.687. The lowest BCUT2D eigenvalue weighted by atomic mass is 9.87. The Labute approximate surface area is 127 Å². The zero-order valence-corrected chi connectivity index (χ0v) is 12.9. The molecule has 2 rings (SSSR count). The van der Waals surface area contributed by atoms with Crippen molar-refractivity contribution >= 4 is 0 Å². The molecule has 1 atom stereocenters. The van der Waals surface area contributed by atoms with E-state index in [1.54, 1.807) is 0 Å². The number of aliphatic hydroxyl groups excluding tert-OH is 1. The minimum Gasteiger partial charge on any atom is -0.491 e. The standard InChI is InChI=1S/C17H27NO3/c1-2-8-18-17-5-3-4-14-6-7-15(13-16(14)17)21-12-11-20-10-9-19/h6-7,13,17-19H,2-5,8-12H2,1H3. The summed E-state index contributed by atoms with van der Waals surface area (Å²) in [5.41, 5.74) is 2.84. The van der Waals surface area contributed by atoms with Crippen LogP contribution in [0, 0.1) is 0 Å². The van der Waals surface area contributed by atoms with Crippen LogP contribution in [0.1, 0.15) is 43.4 Å². The van der Waals surface area contributed by atoms with Crippen molar-refractivity contribution in [3.8, 4) is 5.75 Å². The third-order valence-corrected chi connectivity index (χ3v) is 3.80. The number of aliphatic hydroxyl groups is 1. The van der Waals surface area contributed by atoms with Crippen molar-refractivity contribution in [2.24, 2.45) is 0 Å². The lowest BCUT2D eigenvalue weighted by Gasteiger charge is -2.27. The molecule has 1 aliphatic carbocycles. The lowest BCUT2D eigenvalue weighted by Crippen LogP contribution is -2.25.